The highest BCUT2D eigenvalue weighted by atomic mass is 32.2. The third kappa shape index (κ3) is 4.99. The number of ether oxygens (including phenoxy) is 2. The van der Waals surface area contributed by atoms with Gasteiger partial charge in [0, 0.05) is 60.0 Å². The fraction of sp³-hybridized carbons (Fsp3) is 0.480. The van der Waals surface area contributed by atoms with Gasteiger partial charge in [0.05, 0.1) is 13.7 Å². The van der Waals surface area contributed by atoms with E-state index in [1.807, 2.05) is 16.7 Å². The number of cyclic esters (lactones) is 1. The molecule has 0 bridgehead atoms. The minimum Gasteiger partial charge on any atom is -0.497 e. The number of amides is 1. The lowest BCUT2D eigenvalue weighted by Crippen LogP contribution is -2.49. The fourth-order valence-electron chi connectivity index (χ4n) is 4.90. The summed E-state index contributed by atoms with van der Waals surface area (Å²) < 4.78 is 10.6. The molecule has 0 saturated carbocycles. The summed E-state index contributed by atoms with van der Waals surface area (Å²) in [4.78, 5) is 22.6. The molecule has 6 nitrogen and oxygen atoms in total. The molecule has 5 rings (SSSR count). The van der Waals surface area contributed by atoms with Crippen LogP contribution in [-0.2, 0) is 11.2 Å². The molecule has 2 fully saturated rings. The third-order valence-electron chi connectivity index (χ3n) is 6.86. The molecule has 1 amide bonds. The Kier molecular flexibility index (Phi) is 7.06. The maximum Gasteiger partial charge on any atom is 0.409 e. The van der Waals surface area contributed by atoms with Crippen LogP contribution in [0.15, 0.2) is 51.1 Å². The highest BCUT2D eigenvalue weighted by molar-refractivity contribution is 7.99. The van der Waals surface area contributed by atoms with Crippen LogP contribution < -0.4 is 4.74 Å². The number of nitrogens with zero attached hydrogens (tertiary/aromatic N) is 3. The van der Waals surface area contributed by atoms with Crippen LogP contribution in [0.4, 0.5) is 4.79 Å². The van der Waals surface area contributed by atoms with E-state index in [2.05, 4.69) is 52.5 Å². The Morgan fingerprint density at radius 2 is 1.91 bits per heavy atom. The number of piperazine rings is 1. The van der Waals surface area contributed by atoms with Crippen LogP contribution in [0.1, 0.15) is 17.2 Å². The Morgan fingerprint density at radius 3 is 2.64 bits per heavy atom. The molecular weight excluding hydrogens is 454 g/mol. The van der Waals surface area contributed by atoms with E-state index >= 15 is 0 Å². The predicted octanol–water partition coefficient (Wildman–Crippen LogP) is 4.24. The zero-order chi connectivity index (χ0) is 22.8. The maximum atomic E-state index is 11.7. The number of hydrogen-bond donors (Lipinski definition) is 0. The Hall–Kier alpha value is -1.87. The van der Waals surface area contributed by atoms with Crippen LogP contribution in [0.25, 0.3) is 0 Å². The molecule has 2 aromatic carbocycles. The van der Waals surface area contributed by atoms with Crippen LogP contribution in [0.5, 0.6) is 5.75 Å². The quantitative estimate of drug-likeness (QED) is 0.567. The minimum absolute atomic E-state index is 0.167. The highest BCUT2D eigenvalue weighted by Crippen LogP contribution is 2.45. The topological polar surface area (TPSA) is 45.2 Å². The van der Waals surface area contributed by atoms with Crippen molar-refractivity contribution in [2.24, 2.45) is 0 Å². The van der Waals surface area contributed by atoms with E-state index in [1.165, 1.54) is 25.8 Å². The summed E-state index contributed by atoms with van der Waals surface area (Å²) in [5.74, 6) is 0.912. The van der Waals surface area contributed by atoms with Crippen molar-refractivity contribution in [3.63, 3.8) is 0 Å². The van der Waals surface area contributed by atoms with E-state index in [0.29, 0.717) is 12.6 Å². The van der Waals surface area contributed by atoms with Gasteiger partial charge in [0.25, 0.3) is 0 Å². The van der Waals surface area contributed by atoms with Gasteiger partial charge in [-0.3, -0.25) is 9.80 Å². The fourth-order valence-corrected chi connectivity index (χ4v) is 6.51. The molecule has 8 heteroatoms. The van der Waals surface area contributed by atoms with Gasteiger partial charge in [0.2, 0.25) is 0 Å². The number of carbonyl (C=O) groups is 1. The summed E-state index contributed by atoms with van der Waals surface area (Å²) >= 11 is 3.67. The monoisotopic (exact) mass is 485 g/mol. The Balaban J connectivity index is 1.32. The average molecular weight is 486 g/mol. The SMILES string of the molecule is COc1ccc2c(c1)Sc1ccc(SC)cc1CC2N1CCN(CCN2CCOC2=O)CC1. The van der Waals surface area contributed by atoms with Gasteiger partial charge in [-0.2, -0.15) is 0 Å². The maximum absolute atomic E-state index is 11.7. The summed E-state index contributed by atoms with van der Waals surface area (Å²) in [5, 5.41) is 0. The van der Waals surface area contributed by atoms with Crippen molar-refractivity contribution in [2.75, 3.05) is 65.8 Å². The lowest BCUT2D eigenvalue weighted by atomic mass is 9.96. The lowest BCUT2D eigenvalue weighted by molar-refractivity contribution is 0.0888. The first kappa shape index (κ1) is 22.9. The van der Waals surface area contributed by atoms with Crippen LogP contribution in [-0.4, -0.2) is 86.6 Å². The summed E-state index contributed by atoms with van der Waals surface area (Å²) in [6.07, 6.45) is 3.00. The number of hydrogen-bond acceptors (Lipinski definition) is 7. The smallest absolute Gasteiger partial charge is 0.409 e. The highest BCUT2D eigenvalue weighted by Gasteiger charge is 2.31. The first-order valence-corrected chi connectivity index (χ1v) is 13.6. The molecule has 1 unspecified atom stereocenters. The van der Waals surface area contributed by atoms with Crippen molar-refractivity contribution < 1.29 is 14.3 Å². The summed E-state index contributed by atoms with van der Waals surface area (Å²) in [7, 11) is 1.74. The van der Waals surface area contributed by atoms with E-state index in [9.17, 15) is 4.79 Å². The van der Waals surface area contributed by atoms with Gasteiger partial charge in [0.15, 0.2) is 0 Å². The summed E-state index contributed by atoms with van der Waals surface area (Å²) in [6, 6.07) is 13.8. The van der Waals surface area contributed by atoms with Crippen molar-refractivity contribution in [2.45, 2.75) is 27.1 Å². The zero-order valence-electron chi connectivity index (χ0n) is 19.3. The number of fused-ring (bicyclic) bond motifs is 2. The van der Waals surface area contributed by atoms with Crippen molar-refractivity contribution in [1.82, 2.24) is 14.7 Å². The number of benzene rings is 2. The normalized spacial score (nSPS) is 21.3. The molecule has 0 spiro atoms. The van der Waals surface area contributed by atoms with Gasteiger partial charge in [0.1, 0.15) is 12.4 Å². The molecule has 0 radical (unpaired) electrons. The van der Waals surface area contributed by atoms with Gasteiger partial charge < -0.3 is 14.4 Å². The Bertz CT molecular complexity index is 1010. The van der Waals surface area contributed by atoms with Gasteiger partial charge in [-0.15, -0.1) is 11.8 Å². The van der Waals surface area contributed by atoms with Crippen LogP contribution in [0.2, 0.25) is 0 Å². The second-order valence-electron chi connectivity index (χ2n) is 8.68. The number of thioether (sulfide) groups is 1. The average Bonchev–Trinajstić information content (AvgIpc) is 3.19. The van der Waals surface area contributed by atoms with Crippen LogP contribution >= 0.6 is 23.5 Å². The van der Waals surface area contributed by atoms with Crippen LogP contribution in [0, 0.1) is 0 Å². The standard InChI is InChI=1S/C25H31N3O3S2/c1-30-19-3-5-21-22(16-18-15-20(32-2)4-6-23(18)33-24(21)17-19)27-10-7-26(8-11-27)9-12-28-13-14-31-25(28)29/h3-6,15,17,22H,7-14,16H2,1-2H3. The molecule has 33 heavy (non-hydrogen) atoms. The lowest BCUT2D eigenvalue weighted by Gasteiger charge is -2.40. The number of carbonyl (C=O) groups excluding carboxylic acids is 1. The molecule has 2 saturated heterocycles. The Labute approximate surface area is 204 Å². The van der Waals surface area contributed by atoms with Crippen molar-refractivity contribution in [3.05, 3.63) is 47.5 Å². The third-order valence-corrected chi connectivity index (χ3v) is 8.78. The second kappa shape index (κ2) is 10.2. The molecular formula is C25H31N3O3S2. The van der Waals surface area contributed by atoms with E-state index in [4.69, 9.17) is 9.47 Å². The summed E-state index contributed by atoms with van der Waals surface area (Å²) in [6.45, 7) is 7.02. The largest absolute Gasteiger partial charge is 0.497 e. The van der Waals surface area contributed by atoms with Crippen molar-refractivity contribution >= 4 is 29.6 Å². The minimum atomic E-state index is -0.167. The number of methoxy groups -OCH3 is 1. The van der Waals surface area contributed by atoms with E-state index in [1.54, 1.807) is 18.9 Å². The molecule has 3 heterocycles. The molecule has 3 aliphatic rings. The molecule has 0 N–H and O–H groups in total. The van der Waals surface area contributed by atoms with Gasteiger partial charge in [-0.05, 0) is 54.1 Å². The first-order chi connectivity index (χ1) is 16.1. The molecule has 2 aromatic rings. The number of rotatable bonds is 6. The molecule has 0 aromatic heterocycles. The molecule has 176 valence electrons. The Morgan fingerprint density at radius 1 is 1.06 bits per heavy atom. The first-order valence-electron chi connectivity index (χ1n) is 11.6. The van der Waals surface area contributed by atoms with Gasteiger partial charge >= 0.3 is 6.09 Å². The predicted molar refractivity (Wildman–Crippen MR) is 133 cm³/mol. The molecule has 3 aliphatic heterocycles. The van der Waals surface area contributed by atoms with Crippen molar-refractivity contribution in [1.29, 1.82) is 0 Å². The van der Waals surface area contributed by atoms with Gasteiger partial charge in [-0.1, -0.05) is 17.8 Å². The van der Waals surface area contributed by atoms with E-state index < -0.39 is 0 Å². The van der Waals surface area contributed by atoms with E-state index in [-0.39, 0.29) is 6.09 Å². The second-order valence-corrected chi connectivity index (χ2v) is 10.6. The van der Waals surface area contributed by atoms with Gasteiger partial charge in [-0.25, -0.2) is 4.79 Å². The molecule has 1 atom stereocenters. The summed E-state index contributed by atoms with van der Waals surface area (Å²) in [5.41, 5.74) is 2.83. The zero-order valence-corrected chi connectivity index (χ0v) is 20.9. The van der Waals surface area contributed by atoms with Crippen molar-refractivity contribution in [3.8, 4) is 5.75 Å². The van der Waals surface area contributed by atoms with Crippen LogP contribution in [0.3, 0.4) is 0 Å². The van der Waals surface area contributed by atoms with E-state index in [0.717, 1.165) is 58.0 Å². The molecule has 0 aliphatic carbocycles.